The molecule has 0 spiro atoms. The minimum Gasteiger partial charge on any atom is -0.340 e. The van der Waals surface area contributed by atoms with E-state index < -0.39 is 0 Å². The Kier molecular flexibility index (Phi) is 5.16. The van der Waals surface area contributed by atoms with Gasteiger partial charge in [0.1, 0.15) is 0 Å². The zero-order valence-corrected chi connectivity index (χ0v) is 15.6. The summed E-state index contributed by atoms with van der Waals surface area (Å²) in [5.74, 6) is 0.380. The van der Waals surface area contributed by atoms with Crippen molar-refractivity contribution in [2.24, 2.45) is 5.92 Å². The third-order valence-electron chi connectivity index (χ3n) is 5.92. The maximum Gasteiger partial charge on any atom is 0.227 e. The second kappa shape index (κ2) is 7.70. The van der Waals surface area contributed by atoms with Crippen molar-refractivity contribution in [3.05, 3.63) is 36.2 Å². The van der Waals surface area contributed by atoms with Crippen LogP contribution in [0.1, 0.15) is 44.2 Å². The quantitative estimate of drug-likeness (QED) is 0.848. The van der Waals surface area contributed by atoms with E-state index in [1.807, 2.05) is 36.2 Å². The molecule has 5 heteroatoms. The maximum atomic E-state index is 13.0. The number of nitrogens with zero attached hydrogens (tertiary/aromatic N) is 4. The number of aromatic nitrogens is 2. The lowest BCUT2D eigenvalue weighted by molar-refractivity contribution is -0.136. The molecule has 0 bridgehead atoms. The van der Waals surface area contributed by atoms with Gasteiger partial charge in [-0.05, 0) is 44.4 Å². The Hall–Kier alpha value is -2.01. The lowest BCUT2D eigenvalue weighted by Gasteiger charge is -2.37. The van der Waals surface area contributed by atoms with Gasteiger partial charge in [0.2, 0.25) is 5.91 Å². The molecule has 0 radical (unpaired) electrons. The van der Waals surface area contributed by atoms with E-state index in [9.17, 15) is 4.79 Å². The van der Waals surface area contributed by atoms with Gasteiger partial charge < -0.3 is 4.90 Å². The van der Waals surface area contributed by atoms with Crippen LogP contribution < -0.4 is 0 Å². The van der Waals surface area contributed by atoms with Crippen molar-refractivity contribution in [2.75, 3.05) is 20.1 Å². The molecule has 1 saturated carbocycles. The highest BCUT2D eigenvalue weighted by Gasteiger charge is 2.32. The van der Waals surface area contributed by atoms with Gasteiger partial charge in [0.05, 0.1) is 35.4 Å². The highest BCUT2D eigenvalue weighted by molar-refractivity contribution is 5.79. The van der Waals surface area contributed by atoms with Gasteiger partial charge in [-0.15, -0.1) is 0 Å². The van der Waals surface area contributed by atoms with Gasteiger partial charge in [-0.3, -0.25) is 14.7 Å². The molecule has 26 heavy (non-hydrogen) atoms. The SMILES string of the molecule is CN(Cc1cnc2ccccc2n1)C(=O)[C@@H]1CCCN(C2CCCC2)C1. The van der Waals surface area contributed by atoms with Crippen LogP contribution in [0.25, 0.3) is 11.0 Å². The van der Waals surface area contributed by atoms with Crippen LogP contribution in [-0.2, 0) is 11.3 Å². The van der Waals surface area contributed by atoms with Gasteiger partial charge in [-0.1, -0.05) is 25.0 Å². The normalized spacial score (nSPS) is 22.0. The molecular weight excluding hydrogens is 324 g/mol. The molecule has 5 nitrogen and oxygen atoms in total. The summed E-state index contributed by atoms with van der Waals surface area (Å²) in [7, 11) is 1.90. The number of para-hydroxylation sites is 2. The Morgan fingerprint density at radius 1 is 1.15 bits per heavy atom. The van der Waals surface area contributed by atoms with Crippen molar-refractivity contribution in [3.63, 3.8) is 0 Å². The largest absolute Gasteiger partial charge is 0.340 e. The number of hydrogen-bond donors (Lipinski definition) is 0. The first kappa shape index (κ1) is 17.4. The van der Waals surface area contributed by atoms with E-state index in [0.29, 0.717) is 12.6 Å². The van der Waals surface area contributed by atoms with E-state index in [4.69, 9.17) is 0 Å². The van der Waals surface area contributed by atoms with E-state index in [0.717, 1.165) is 42.7 Å². The molecule has 1 aliphatic heterocycles. The van der Waals surface area contributed by atoms with Crippen molar-refractivity contribution in [2.45, 2.75) is 51.1 Å². The summed E-state index contributed by atoms with van der Waals surface area (Å²) in [4.78, 5) is 26.5. The van der Waals surface area contributed by atoms with Crippen LogP contribution in [0.15, 0.2) is 30.5 Å². The van der Waals surface area contributed by atoms with Gasteiger partial charge in [-0.25, -0.2) is 4.98 Å². The molecule has 1 atom stereocenters. The van der Waals surface area contributed by atoms with Crippen LogP contribution in [-0.4, -0.2) is 51.9 Å². The molecular formula is C21H28N4O. The average molecular weight is 352 g/mol. The molecule has 2 heterocycles. The van der Waals surface area contributed by atoms with Crippen LogP contribution in [0.2, 0.25) is 0 Å². The minimum absolute atomic E-state index is 0.128. The topological polar surface area (TPSA) is 49.3 Å². The first-order valence-corrected chi connectivity index (χ1v) is 9.90. The molecule has 1 aromatic heterocycles. The Morgan fingerprint density at radius 3 is 2.73 bits per heavy atom. The van der Waals surface area contributed by atoms with Gasteiger partial charge in [0, 0.05) is 19.6 Å². The first-order valence-electron chi connectivity index (χ1n) is 9.90. The second-order valence-corrected chi connectivity index (χ2v) is 7.82. The van der Waals surface area contributed by atoms with Crippen LogP contribution in [0.5, 0.6) is 0 Å². The molecule has 1 amide bonds. The Labute approximate surface area is 155 Å². The van der Waals surface area contributed by atoms with E-state index in [-0.39, 0.29) is 11.8 Å². The highest BCUT2D eigenvalue weighted by atomic mass is 16.2. The summed E-state index contributed by atoms with van der Waals surface area (Å²) in [6.45, 7) is 2.61. The molecule has 1 aromatic carbocycles. The van der Waals surface area contributed by atoms with Crippen molar-refractivity contribution in [1.29, 1.82) is 0 Å². The molecule has 0 unspecified atom stereocenters. The van der Waals surface area contributed by atoms with Gasteiger partial charge in [-0.2, -0.15) is 0 Å². The zero-order chi connectivity index (χ0) is 17.9. The number of likely N-dealkylation sites (tertiary alicyclic amines) is 1. The van der Waals surface area contributed by atoms with Crippen molar-refractivity contribution < 1.29 is 4.79 Å². The van der Waals surface area contributed by atoms with E-state index in [1.165, 1.54) is 25.7 Å². The molecule has 0 N–H and O–H groups in total. The Morgan fingerprint density at radius 2 is 1.92 bits per heavy atom. The third kappa shape index (κ3) is 3.73. The number of benzene rings is 1. The standard InChI is InChI=1S/C21H28N4O/c1-24(15-17-13-22-19-10-4-5-11-20(19)23-17)21(26)16-7-6-12-25(14-16)18-8-2-3-9-18/h4-5,10-11,13,16,18H,2-3,6-9,12,14-15H2,1H3/t16-/m1/s1. The molecule has 2 fully saturated rings. The average Bonchev–Trinajstić information content (AvgIpc) is 3.22. The molecule has 2 aromatic rings. The number of hydrogen-bond acceptors (Lipinski definition) is 4. The van der Waals surface area contributed by atoms with Crippen LogP contribution in [0.4, 0.5) is 0 Å². The van der Waals surface area contributed by atoms with E-state index >= 15 is 0 Å². The van der Waals surface area contributed by atoms with Crippen molar-refractivity contribution in [1.82, 2.24) is 19.8 Å². The van der Waals surface area contributed by atoms with E-state index in [2.05, 4.69) is 14.9 Å². The fraction of sp³-hybridized carbons (Fsp3) is 0.571. The number of fused-ring (bicyclic) bond motifs is 1. The predicted molar refractivity (Wildman–Crippen MR) is 103 cm³/mol. The fourth-order valence-corrected chi connectivity index (χ4v) is 4.51. The number of rotatable bonds is 4. The first-order chi connectivity index (χ1) is 12.7. The number of carbonyl (C=O) groups is 1. The molecule has 1 saturated heterocycles. The number of carbonyl (C=O) groups excluding carboxylic acids is 1. The van der Waals surface area contributed by atoms with Gasteiger partial charge in [0.15, 0.2) is 0 Å². The smallest absolute Gasteiger partial charge is 0.227 e. The summed E-state index contributed by atoms with van der Waals surface area (Å²) < 4.78 is 0. The second-order valence-electron chi connectivity index (χ2n) is 7.82. The number of piperidine rings is 1. The van der Waals surface area contributed by atoms with Crippen LogP contribution >= 0.6 is 0 Å². The van der Waals surface area contributed by atoms with Gasteiger partial charge in [0.25, 0.3) is 0 Å². The Balaban J connectivity index is 1.40. The third-order valence-corrected chi connectivity index (χ3v) is 5.92. The maximum absolute atomic E-state index is 13.0. The molecule has 2 aliphatic rings. The summed E-state index contributed by atoms with van der Waals surface area (Å²) >= 11 is 0. The summed E-state index contributed by atoms with van der Waals surface area (Å²) in [5.41, 5.74) is 2.63. The highest BCUT2D eigenvalue weighted by Crippen LogP contribution is 2.28. The fourth-order valence-electron chi connectivity index (χ4n) is 4.51. The lowest BCUT2D eigenvalue weighted by atomic mass is 9.95. The Bertz CT molecular complexity index is 771. The minimum atomic E-state index is 0.128. The van der Waals surface area contributed by atoms with Crippen LogP contribution in [0, 0.1) is 5.92 Å². The summed E-state index contributed by atoms with van der Waals surface area (Å²) in [6, 6.07) is 8.57. The molecule has 4 rings (SSSR count). The van der Waals surface area contributed by atoms with Crippen molar-refractivity contribution >= 4 is 16.9 Å². The van der Waals surface area contributed by atoms with Gasteiger partial charge >= 0.3 is 0 Å². The van der Waals surface area contributed by atoms with E-state index in [1.54, 1.807) is 6.20 Å². The van der Waals surface area contributed by atoms with Crippen molar-refractivity contribution in [3.8, 4) is 0 Å². The molecule has 1 aliphatic carbocycles. The lowest BCUT2D eigenvalue weighted by Crippen LogP contribution is -2.46. The van der Waals surface area contributed by atoms with Crippen LogP contribution in [0.3, 0.4) is 0 Å². The monoisotopic (exact) mass is 352 g/mol. The zero-order valence-electron chi connectivity index (χ0n) is 15.6. The summed E-state index contributed by atoms with van der Waals surface area (Å²) in [6.07, 6.45) is 9.25. The predicted octanol–water partition coefficient (Wildman–Crippen LogP) is 3.24. The molecule has 138 valence electrons. The number of amides is 1. The summed E-state index contributed by atoms with van der Waals surface area (Å²) in [5, 5.41) is 0.